The highest BCUT2D eigenvalue weighted by atomic mass is 16.2. The van der Waals surface area contributed by atoms with Crippen LogP contribution in [0.3, 0.4) is 0 Å². The predicted octanol–water partition coefficient (Wildman–Crippen LogP) is 2.13. The van der Waals surface area contributed by atoms with E-state index in [4.69, 9.17) is 0 Å². The normalized spacial score (nSPS) is 17.2. The van der Waals surface area contributed by atoms with Crippen LogP contribution in [-0.2, 0) is 16.0 Å². The molecule has 0 aromatic heterocycles. The fraction of sp³-hybridized carbons (Fsp3) is 0.500. The average Bonchev–Trinajstić information content (AvgIpc) is 2.77. The van der Waals surface area contributed by atoms with Crippen LogP contribution in [0.2, 0.25) is 0 Å². The lowest BCUT2D eigenvalue weighted by Gasteiger charge is -2.23. The summed E-state index contributed by atoms with van der Waals surface area (Å²) >= 11 is 0. The molecule has 2 amide bonds. The van der Waals surface area contributed by atoms with E-state index in [1.807, 2.05) is 24.3 Å². The van der Waals surface area contributed by atoms with Gasteiger partial charge in [-0.2, -0.15) is 0 Å². The number of para-hydroxylation sites is 1. The topological polar surface area (TPSA) is 49.4 Å². The molecule has 0 unspecified atom stereocenters. The lowest BCUT2D eigenvalue weighted by molar-refractivity contribution is -0.125. The number of carbonyl (C=O) groups excluding carboxylic acids is 2. The van der Waals surface area contributed by atoms with Gasteiger partial charge in [0.15, 0.2) is 0 Å². The molecule has 0 fully saturated rings. The first kappa shape index (κ1) is 14.6. The van der Waals surface area contributed by atoms with Crippen molar-refractivity contribution in [1.82, 2.24) is 5.32 Å². The van der Waals surface area contributed by atoms with E-state index in [9.17, 15) is 9.59 Å². The Morgan fingerprint density at radius 2 is 2.05 bits per heavy atom. The number of hydrogen-bond donors (Lipinski definition) is 1. The molecular weight excluding hydrogens is 252 g/mol. The second-order valence-electron chi connectivity index (χ2n) is 5.71. The number of nitrogens with one attached hydrogen (secondary N) is 1. The van der Waals surface area contributed by atoms with Crippen LogP contribution in [0.15, 0.2) is 24.3 Å². The van der Waals surface area contributed by atoms with Gasteiger partial charge in [-0.1, -0.05) is 32.0 Å². The molecule has 4 nitrogen and oxygen atoms in total. The molecule has 1 aliphatic heterocycles. The number of amides is 2. The third-order valence-electron chi connectivity index (χ3n) is 3.64. The van der Waals surface area contributed by atoms with Crippen LogP contribution < -0.4 is 10.2 Å². The zero-order chi connectivity index (χ0) is 14.7. The highest BCUT2D eigenvalue weighted by Gasteiger charge is 2.36. The molecule has 1 aromatic rings. The zero-order valence-electron chi connectivity index (χ0n) is 12.3. The van der Waals surface area contributed by atoms with Crippen molar-refractivity contribution in [3.63, 3.8) is 0 Å². The molecule has 2 rings (SSSR count). The van der Waals surface area contributed by atoms with Crippen LogP contribution in [0, 0.1) is 5.92 Å². The molecular formula is C16H22N2O2. The fourth-order valence-electron chi connectivity index (χ4n) is 2.59. The predicted molar refractivity (Wildman–Crippen MR) is 79.6 cm³/mol. The summed E-state index contributed by atoms with van der Waals surface area (Å²) < 4.78 is 0. The molecule has 0 radical (unpaired) electrons. The first-order valence-corrected chi connectivity index (χ1v) is 7.16. The van der Waals surface area contributed by atoms with E-state index in [0.29, 0.717) is 18.9 Å². The number of benzene rings is 1. The molecule has 1 aromatic carbocycles. The maximum absolute atomic E-state index is 12.3. The van der Waals surface area contributed by atoms with Crippen LogP contribution in [-0.4, -0.2) is 24.4 Å². The van der Waals surface area contributed by atoms with Gasteiger partial charge in [0.05, 0.1) is 0 Å². The zero-order valence-corrected chi connectivity index (χ0v) is 12.3. The summed E-state index contributed by atoms with van der Waals surface area (Å²) in [4.78, 5) is 25.8. The van der Waals surface area contributed by atoms with Gasteiger partial charge in [-0.3, -0.25) is 14.5 Å². The molecule has 1 N–H and O–H groups in total. The Hall–Kier alpha value is -1.84. The van der Waals surface area contributed by atoms with E-state index in [1.165, 1.54) is 6.92 Å². The van der Waals surface area contributed by atoms with Gasteiger partial charge in [-0.25, -0.2) is 0 Å². The maximum atomic E-state index is 12.3. The van der Waals surface area contributed by atoms with Crippen LogP contribution in [0.5, 0.6) is 0 Å². The molecule has 1 heterocycles. The summed E-state index contributed by atoms with van der Waals surface area (Å²) in [7, 11) is 0. The molecule has 0 saturated heterocycles. The molecule has 0 spiro atoms. The second-order valence-corrected chi connectivity index (χ2v) is 5.71. The summed E-state index contributed by atoms with van der Waals surface area (Å²) in [5, 5.41) is 2.94. The van der Waals surface area contributed by atoms with E-state index in [2.05, 4.69) is 19.2 Å². The Morgan fingerprint density at radius 1 is 1.35 bits per heavy atom. The van der Waals surface area contributed by atoms with E-state index < -0.39 is 6.04 Å². The average molecular weight is 274 g/mol. The maximum Gasteiger partial charge on any atom is 0.243 e. The van der Waals surface area contributed by atoms with Gasteiger partial charge < -0.3 is 5.32 Å². The summed E-state index contributed by atoms with van der Waals surface area (Å²) in [6.45, 7) is 6.42. The fourth-order valence-corrected chi connectivity index (χ4v) is 2.59. The van der Waals surface area contributed by atoms with E-state index in [-0.39, 0.29) is 11.8 Å². The van der Waals surface area contributed by atoms with Gasteiger partial charge in [0, 0.05) is 25.6 Å². The van der Waals surface area contributed by atoms with Crippen molar-refractivity contribution >= 4 is 17.5 Å². The van der Waals surface area contributed by atoms with Gasteiger partial charge in [0.1, 0.15) is 6.04 Å². The second kappa shape index (κ2) is 6.07. The van der Waals surface area contributed by atoms with E-state index in [1.54, 1.807) is 4.90 Å². The van der Waals surface area contributed by atoms with Gasteiger partial charge in [0.2, 0.25) is 11.8 Å². The van der Waals surface area contributed by atoms with E-state index >= 15 is 0 Å². The van der Waals surface area contributed by atoms with Crippen molar-refractivity contribution < 1.29 is 9.59 Å². The lowest BCUT2D eigenvalue weighted by atomic mass is 10.1. The Bertz CT molecular complexity index is 511. The summed E-state index contributed by atoms with van der Waals surface area (Å²) in [6, 6.07) is 7.31. The standard InChI is InChI=1S/C16H22N2O2/c1-11(2)8-9-17-16(20)15-10-13-6-4-5-7-14(13)18(15)12(3)19/h4-7,11,15H,8-10H2,1-3H3,(H,17,20)/t15-/m1/s1. The first-order chi connectivity index (χ1) is 9.50. The third-order valence-corrected chi connectivity index (χ3v) is 3.64. The number of hydrogen-bond acceptors (Lipinski definition) is 2. The summed E-state index contributed by atoms with van der Waals surface area (Å²) in [5.74, 6) is 0.413. The van der Waals surface area contributed by atoms with Crippen LogP contribution >= 0.6 is 0 Å². The molecule has 1 atom stereocenters. The Kier molecular flexibility index (Phi) is 4.42. The largest absolute Gasteiger partial charge is 0.354 e. The van der Waals surface area contributed by atoms with Gasteiger partial charge in [-0.15, -0.1) is 0 Å². The Labute approximate surface area is 120 Å². The Balaban J connectivity index is 2.09. The number of rotatable bonds is 4. The highest BCUT2D eigenvalue weighted by Crippen LogP contribution is 2.32. The first-order valence-electron chi connectivity index (χ1n) is 7.16. The molecule has 0 aliphatic carbocycles. The molecule has 108 valence electrons. The number of nitrogens with zero attached hydrogens (tertiary/aromatic N) is 1. The van der Waals surface area contributed by atoms with Crippen molar-refractivity contribution in [1.29, 1.82) is 0 Å². The molecule has 20 heavy (non-hydrogen) atoms. The van der Waals surface area contributed by atoms with Gasteiger partial charge in [0.25, 0.3) is 0 Å². The van der Waals surface area contributed by atoms with Gasteiger partial charge in [-0.05, 0) is 24.0 Å². The van der Waals surface area contributed by atoms with E-state index in [0.717, 1.165) is 17.7 Å². The van der Waals surface area contributed by atoms with Gasteiger partial charge >= 0.3 is 0 Å². The van der Waals surface area contributed by atoms with Crippen molar-refractivity contribution in [3.05, 3.63) is 29.8 Å². The lowest BCUT2D eigenvalue weighted by Crippen LogP contribution is -2.47. The smallest absolute Gasteiger partial charge is 0.243 e. The molecule has 0 bridgehead atoms. The summed E-state index contributed by atoms with van der Waals surface area (Å²) in [5.41, 5.74) is 1.93. The van der Waals surface area contributed by atoms with Crippen LogP contribution in [0.1, 0.15) is 32.8 Å². The minimum atomic E-state index is -0.405. The third kappa shape index (κ3) is 3.00. The molecule has 1 aliphatic rings. The number of fused-ring (bicyclic) bond motifs is 1. The number of carbonyl (C=O) groups is 2. The van der Waals surface area contributed by atoms with Crippen LogP contribution in [0.4, 0.5) is 5.69 Å². The Morgan fingerprint density at radius 3 is 2.70 bits per heavy atom. The minimum absolute atomic E-state index is 0.0583. The molecule has 0 saturated carbocycles. The van der Waals surface area contributed by atoms with Crippen molar-refractivity contribution in [2.45, 2.75) is 39.7 Å². The monoisotopic (exact) mass is 274 g/mol. The van der Waals surface area contributed by atoms with Crippen LogP contribution in [0.25, 0.3) is 0 Å². The minimum Gasteiger partial charge on any atom is -0.354 e. The summed E-state index contributed by atoms with van der Waals surface area (Å²) in [6.07, 6.45) is 1.55. The quantitative estimate of drug-likeness (QED) is 0.914. The SMILES string of the molecule is CC(=O)N1c2ccccc2C[C@@H]1C(=O)NCCC(C)C. The van der Waals surface area contributed by atoms with Crippen molar-refractivity contribution in [3.8, 4) is 0 Å². The van der Waals surface area contributed by atoms with Crippen molar-refractivity contribution in [2.24, 2.45) is 5.92 Å². The van der Waals surface area contributed by atoms with Crippen molar-refractivity contribution in [2.75, 3.05) is 11.4 Å². The molecule has 4 heteroatoms. The number of anilines is 1. The highest BCUT2D eigenvalue weighted by molar-refractivity contribution is 6.02.